The van der Waals surface area contributed by atoms with Gasteiger partial charge in [-0.1, -0.05) is 18.6 Å². The number of carbonyl (C=O) groups is 3. The summed E-state index contributed by atoms with van der Waals surface area (Å²) >= 11 is 1.28. The fraction of sp³-hybridized carbons (Fsp3) is 0.444. The molecule has 0 spiro atoms. The van der Waals surface area contributed by atoms with Crippen LogP contribution in [0.5, 0.6) is 0 Å². The average molecular weight is 484 g/mol. The van der Waals surface area contributed by atoms with Gasteiger partial charge in [0.1, 0.15) is 5.82 Å². The van der Waals surface area contributed by atoms with Crippen molar-refractivity contribution < 1.29 is 23.5 Å². The van der Waals surface area contributed by atoms with E-state index in [4.69, 9.17) is 4.74 Å². The van der Waals surface area contributed by atoms with Crippen LogP contribution in [0.4, 0.5) is 4.39 Å². The van der Waals surface area contributed by atoms with E-state index in [2.05, 4.69) is 12.2 Å². The van der Waals surface area contributed by atoms with E-state index in [9.17, 15) is 18.8 Å². The maximum absolute atomic E-state index is 13.1. The first-order chi connectivity index (χ1) is 16.3. The molecule has 1 amide bonds. The predicted molar refractivity (Wildman–Crippen MR) is 129 cm³/mol. The Bertz CT molecular complexity index is 1060. The summed E-state index contributed by atoms with van der Waals surface area (Å²) in [5.41, 5.74) is 0.575. The molecule has 0 saturated heterocycles. The van der Waals surface area contributed by atoms with Crippen LogP contribution in [0.25, 0.3) is 0 Å². The SMILES string of the molecule is CC(OC(=O)c1ccccc1SCC(=O)NC(C)C1CC2CCC1C2)C(=O)c1ccc(F)cc1. The Morgan fingerprint density at radius 1 is 1.06 bits per heavy atom. The number of hydrogen-bond donors (Lipinski definition) is 1. The van der Waals surface area contributed by atoms with Crippen LogP contribution in [0.2, 0.25) is 0 Å². The molecule has 2 aliphatic carbocycles. The maximum atomic E-state index is 13.1. The number of carbonyl (C=O) groups excluding carboxylic acids is 3. The number of halogens is 1. The van der Waals surface area contributed by atoms with Gasteiger partial charge >= 0.3 is 5.97 Å². The quantitative estimate of drug-likeness (QED) is 0.298. The molecule has 0 aliphatic heterocycles. The Hall–Kier alpha value is -2.67. The van der Waals surface area contributed by atoms with Crippen molar-refractivity contribution in [1.82, 2.24) is 5.32 Å². The lowest BCUT2D eigenvalue weighted by Gasteiger charge is -2.28. The highest BCUT2D eigenvalue weighted by molar-refractivity contribution is 8.00. The van der Waals surface area contributed by atoms with Crippen molar-refractivity contribution in [2.45, 2.75) is 56.6 Å². The van der Waals surface area contributed by atoms with Crippen LogP contribution >= 0.6 is 11.8 Å². The van der Waals surface area contributed by atoms with E-state index in [1.54, 1.807) is 24.3 Å². The standard InChI is InChI=1S/C27H30FNO4S/c1-16(23-14-18-7-8-20(23)13-18)29-25(30)15-34-24-6-4-3-5-22(24)27(32)33-17(2)26(31)19-9-11-21(28)12-10-19/h3-6,9-12,16-18,20,23H,7-8,13-15H2,1-2H3,(H,29,30). The molecular formula is C27H30FNO4S. The summed E-state index contributed by atoms with van der Waals surface area (Å²) < 4.78 is 18.5. The Balaban J connectivity index is 1.32. The van der Waals surface area contributed by atoms with Crippen molar-refractivity contribution in [2.75, 3.05) is 5.75 Å². The van der Waals surface area contributed by atoms with Crippen molar-refractivity contribution in [2.24, 2.45) is 17.8 Å². The molecule has 2 aromatic carbocycles. The highest BCUT2D eigenvalue weighted by Gasteiger charge is 2.42. The third kappa shape index (κ3) is 5.69. The molecule has 0 heterocycles. The molecule has 2 fully saturated rings. The van der Waals surface area contributed by atoms with Gasteiger partial charge in [-0.15, -0.1) is 11.8 Å². The van der Waals surface area contributed by atoms with Gasteiger partial charge in [0, 0.05) is 16.5 Å². The molecule has 2 saturated carbocycles. The van der Waals surface area contributed by atoms with Gasteiger partial charge < -0.3 is 10.1 Å². The van der Waals surface area contributed by atoms with Gasteiger partial charge in [-0.3, -0.25) is 9.59 Å². The summed E-state index contributed by atoms with van der Waals surface area (Å²) in [4.78, 5) is 38.5. The molecule has 0 radical (unpaired) electrons. The number of Topliss-reactive ketones (excluding diaryl/α,β-unsaturated/α-hetero) is 1. The number of ketones is 1. The summed E-state index contributed by atoms with van der Waals surface area (Å²) in [7, 11) is 0. The monoisotopic (exact) mass is 483 g/mol. The van der Waals surface area contributed by atoms with Gasteiger partial charge in [-0.05, 0) is 87.3 Å². The largest absolute Gasteiger partial charge is 0.451 e. The first-order valence-corrected chi connectivity index (χ1v) is 12.8. The van der Waals surface area contributed by atoms with Crippen molar-refractivity contribution in [1.29, 1.82) is 0 Å². The molecule has 4 rings (SSSR count). The van der Waals surface area contributed by atoms with E-state index >= 15 is 0 Å². The topological polar surface area (TPSA) is 72.5 Å². The lowest BCUT2D eigenvalue weighted by molar-refractivity contribution is -0.119. The fourth-order valence-corrected chi connectivity index (χ4v) is 6.19. The molecule has 5 atom stereocenters. The number of benzene rings is 2. The van der Waals surface area contributed by atoms with E-state index in [0.29, 0.717) is 16.4 Å². The van der Waals surface area contributed by atoms with Gasteiger partial charge in [-0.2, -0.15) is 0 Å². The third-order valence-electron chi connectivity index (χ3n) is 7.07. The minimum atomic E-state index is -1.03. The van der Waals surface area contributed by atoms with Gasteiger partial charge in [0.15, 0.2) is 6.10 Å². The Labute approximate surface area is 203 Å². The zero-order valence-electron chi connectivity index (χ0n) is 19.5. The highest BCUT2D eigenvalue weighted by atomic mass is 32.2. The van der Waals surface area contributed by atoms with Crippen LogP contribution in [-0.2, 0) is 9.53 Å². The molecule has 1 N–H and O–H groups in total. The molecule has 5 nitrogen and oxygen atoms in total. The third-order valence-corrected chi connectivity index (χ3v) is 8.14. The second-order valence-electron chi connectivity index (χ2n) is 9.40. The lowest BCUT2D eigenvalue weighted by atomic mass is 9.84. The van der Waals surface area contributed by atoms with E-state index in [0.717, 1.165) is 11.8 Å². The number of fused-ring (bicyclic) bond motifs is 2. The summed E-state index contributed by atoms with van der Waals surface area (Å²) in [6.07, 6.45) is 4.10. The van der Waals surface area contributed by atoms with E-state index in [-0.39, 0.29) is 23.3 Å². The van der Waals surface area contributed by atoms with Crippen LogP contribution in [0.3, 0.4) is 0 Å². The highest BCUT2D eigenvalue weighted by Crippen LogP contribution is 2.49. The number of ether oxygens (including phenoxy) is 1. The molecule has 5 unspecified atom stereocenters. The van der Waals surface area contributed by atoms with Crippen LogP contribution in [-0.4, -0.2) is 35.6 Å². The van der Waals surface area contributed by atoms with Crippen molar-refractivity contribution >= 4 is 29.4 Å². The van der Waals surface area contributed by atoms with Crippen LogP contribution < -0.4 is 5.32 Å². The fourth-order valence-electron chi connectivity index (χ4n) is 5.34. The molecule has 180 valence electrons. The first kappa shape index (κ1) is 24.5. The summed E-state index contributed by atoms with van der Waals surface area (Å²) in [6.45, 7) is 3.59. The van der Waals surface area contributed by atoms with E-state index in [1.165, 1.54) is 68.6 Å². The second kappa shape index (κ2) is 10.7. The van der Waals surface area contributed by atoms with Crippen LogP contribution in [0.1, 0.15) is 60.2 Å². The van der Waals surface area contributed by atoms with Crippen LogP contribution in [0, 0.1) is 23.6 Å². The Morgan fingerprint density at radius 2 is 1.79 bits per heavy atom. The summed E-state index contributed by atoms with van der Waals surface area (Å²) in [5.74, 6) is 0.787. The number of esters is 1. The van der Waals surface area contributed by atoms with E-state index in [1.807, 2.05) is 0 Å². The van der Waals surface area contributed by atoms with Crippen molar-refractivity contribution in [3.63, 3.8) is 0 Å². The molecule has 2 aromatic rings. The molecule has 7 heteroatoms. The summed E-state index contributed by atoms with van der Waals surface area (Å²) in [6, 6.07) is 12.2. The van der Waals surface area contributed by atoms with E-state index < -0.39 is 23.7 Å². The Morgan fingerprint density at radius 3 is 2.47 bits per heavy atom. The number of thioether (sulfide) groups is 1. The molecule has 0 aromatic heterocycles. The van der Waals surface area contributed by atoms with Crippen molar-refractivity contribution in [3.8, 4) is 0 Å². The molecule has 34 heavy (non-hydrogen) atoms. The molecule has 2 aliphatic rings. The number of rotatable bonds is 9. The minimum absolute atomic E-state index is 0.0525. The normalized spacial score (nSPS) is 22.7. The zero-order valence-corrected chi connectivity index (χ0v) is 20.3. The minimum Gasteiger partial charge on any atom is -0.451 e. The average Bonchev–Trinajstić information content (AvgIpc) is 3.47. The maximum Gasteiger partial charge on any atom is 0.339 e. The van der Waals surface area contributed by atoms with Gasteiger partial charge in [0.05, 0.1) is 11.3 Å². The number of nitrogens with one attached hydrogen (secondary N) is 1. The first-order valence-electron chi connectivity index (χ1n) is 11.8. The van der Waals surface area contributed by atoms with Crippen molar-refractivity contribution in [3.05, 3.63) is 65.5 Å². The predicted octanol–water partition coefficient (Wildman–Crippen LogP) is 5.29. The van der Waals surface area contributed by atoms with Crippen LogP contribution in [0.15, 0.2) is 53.4 Å². The number of amides is 1. The number of hydrogen-bond acceptors (Lipinski definition) is 5. The lowest BCUT2D eigenvalue weighted by Crippen LogP contribution is -2.40. The summed E-state index contributed by atoms with van der Waals surface area (Å²) in [5, 5.41) is 3.15. The van der Waals surface area contributed by atoms with Gasteiger partial charge in [-0.25, -0.2) is 9.18 Å². The van der Waals surface area contributed by atoms with Gasteiger partial charge in [0.25, 0.3) is 0 Å². The second-order valence-corrected chi connectivity index (χ2v) is 10.4. The molecule has 2 bridgehead atoms. The van der Waals surface area contributed by atoms with Gasteiger partial charge in [0.2, 0.25) is 11.7 Å². The Kier molecular flexibility index (Phi) is 7.71. The zero-order chi connectivity index (χ0) is 24.2. The molecular weight excluding hydrogens is 453 g/mol. The smallest absolute Gasteiger partial charge is 0.339 e.